The van der Waals surface area contributed by atoms with Crippen molar-refractivity contribution in [2.45, 2.75) is 39.2 Å². The molecule has 1 saturated heterocycles. The molecule has 3 aromatic rings. The number of anilines is 3. The molecule has 5 rings (SSSR count). The van der Waals surface area contributed by atoms with Gasteiger partial charge >= 0.3 is 0 Å². The van der Waals surface area contributed by atoms with E-state index in [0.29, 0.717) is 38.0 Å². The molecule has 0 spiro atoms. The largest absolute Gasteiger partial charge is 0.340 e. The van der Waals surface area contributed by atoms with Gasteiger partial charge in [-0.2, -0.15) is 4.98 Å². The monoisotopic (exact) mass is 459 g/mol. The van der Waals surface area contributed by atoms with Crippen molar-refractivity contribution in [2.24, 2.45) is 0 Å². The number of carbonyl (C=O) groups excluding carboxylic acids is 1. The molecule has 34 heavy (non-hydrogen) atoms. The normalized spacial score (nSPS) is 15.9. The zero-order chi connectivity index (χ0) is 23.7. The fourth-order valence-corrected chi connectivity index (χ4v) is 4.11. The first kappa shape index (κ1) is 22.1. The Labute approximate surface area is 198 Å². The van der Waals surface area contributed by atoms with Crippen LogP contribution >= 0.6 is 0 Å². The molecule has 0 unspecified atom stereocenters. The van der Waals surface area contributed by atoms with Gasteiger partial charge in [-0.15, -0.1) is 0 Å². The quantitative estimate of drug-likeness (QED) is 0.605. The molecule has 2 aliphatic rings. The summed E-state index contributed by atoms with van der Waals surface area (Å²) >= 11 is 0. The number of piperazine rings is 1. The number of aryl methyl sites for hydroxylation is 2. The Morgan fingerprint density at radius 1 is 1.03 bits per heavy atom. The van der Waals surface area contributed by atoms with E-state index in [2.05, 4.69) is 39.2 Å². The van der Waals surface area contributed by atoms with Gasteiger partial charge in [0.25, 0.3) is 5.56 Å². The third-order valence-corrected chi connectivity index (χ3v) is 6.28. The summed E-state index contributed by atoms with van der Waals surface area (Å²) < 4.78 is 1.40. The Morgan fingerprint density at radius 3 is 2.44 bits per heavy atom. The van der Waals surface area contributed by atoms with Crippen molar-refractivity contribution < 1.29 is 4.79 Å². The summed E-state index contributed by atoms with van der Waals surface area (Å²) in [6.07, 6.45) is 3.69. The molecule has 1 amide bonds. The van der Waals surface area contributed by atoms with Crippen molar-refractivity contribution in [2.75, 3.05) is 36.4 Å². The summed E-state index contributed by atoms with van der Waals surface area (Å²) in [4.78, 5) is 42.7. The number of rotatable bonds is 6. The van der Waals surface area contributed by atoms with Crippen LogP contribution in [0.2, 0.25) is 0 Å². The number of carbonyl (C=O) groups is 1. The topological polar surface area (TPSA) is 96.3 Å². The van der Waals surface area contributed by atoms with E-state index in [1.54, 1.807) is 11.0 Å². The highest BCUT2D eigenvalue weighted by molar-refractivity contribution is 5.76. The van der Waals surface area contributed by atoms with Gasteiger partial charge in [0.05, 0.1) is 12.0 Å². The van der Waals surface area contributed by atoms with Crippen molar-refractivity contribution in [1.29, 1.82) is 0 Å². The average molecular weight is 460 g/mol. The van der Waals surface area contributed by atoms with Crippen LogP contribution < -0.4 is 15.8 Å². The molecule has 9 heteroatoms. The van der Waals surface area contributed by atoms with Crippen molar-refractivity contribution in [3.05, 3.63) is 70.0 Å². The number of aromatic nitrogens is 4. The van der Waals surface area contributed by atoms with E-state index in [1.807, 2.05) is 25.1 Å². The predicted octanol–water partition coefficient (Wildman–Crippen LogP) is 2.62. The molecule has 1 saturated carbocycles. The van der Waals surface area contributed by atoms with E-state index in [1.165, 1.54) is 16.5 Å². The van der Waals surface area contributed by atoms with Gasteiger partial charge in [-0.3, -0.25) is 14.2 Å². The fraction of sp³-hybridized carbons (Fsp3) is 0.400. The molecule has 176 valence electrons. The van der Waals surface area contributed by atoms with Crippen LogP contribution in [0.1, 0.15) is 35.7 Å². The predicted molar refractivity (Wildman–Crippen MR) is 130 cm³/mol. The zero-order valence-electron chi connectivity index (χ0n) is 19.6. The molecule has 2 fully saturated rings. The number of hydrogen-bond donors (Lipinski definition) is 1. The van der Waals surface area contributed by atoms with Gasteiger partial charge in [0.15, 0.2) is 0 Å². The molecule has 0 radical (unpaired) electrons. The maximum Gasteiger partial charge on any atom is 0.254 e. The van der Waals surface area contributed by atoms with Gasteiger partial charge in [-0.05, 0) is 38.8 Å². The summed E-state index contributed by atoms with van der Waals surface area (Å²) in [6, 6.07) is 11.6. The first-order chi connectivity index (χ1) is 16.4. The molecule has 1 aromatic carbocycles. The van der Waals surface area contributed by atoms with Crippen molar-refractivity contribution >= 4 is 23.4 Å². The lowest BCUT2D eigenvalue weighted by molar-refractivity contribution is -0.132. The molecule has 0 atom stereocenters. The summed E-state index contributed by atoms with van der Waals surface area (Å²) in [6.45, 7) is 6.40. The van der Waals surface area contributed by atoms with Crippen molar-refractivity contribution in [3.63, 3.8) is 0 Å². The Morgan fingerprint density at radius 2 is 1.76 bits per heavy atom. The molecule has 1 N–H and O–H groups in total. The maximum absolute atomic E-state index is 12.8. The minimum atomic E-state index is -0.161. The third-order valence-electron chi connectivity index (χ3n) is 6.28. The van der Waals surface area contributed by atoms with Crippen LogP contribution in [0.15, 0.2) is 47.5 Å². The number of benzene rings is 1. The summed E-state index contributed by atoms with van der Waals surface area (Å²) in [5, 5.41) is 3.35. The Bertz CT molecular complexity index is 1240. The van der Waals surface area contributed by atoms with E-state index in [9.17, 15) is 9.59 Å². The first-order valence-electron chi connectivity index (χ1n) is 11.7. The molecule has 9 nitrogen and oxygen atoms in total. The second-order valence-electron chi connectivity index (χ2n) is 9.11. The highest BCUT2D eigenvalue weighted by atomic mass is 16.2. The van der Waals surface area contributed by atoms with Gasteiger partial charge in [-0.25, -0.2) is 9.97 Å². The lowest BCUT2D eigenvalue weighted by atomic mass is 10.2. The lowest BCUT2D eigenvalue weighted by Crippen LogP contribution is -2.50. The summed E-state index contributed by atoms with van der Waals surface area (Å²) in [5.41, 5.74) is 3.73. The van der Waals surface area contributed by atoms with Crippen molar-refractivity contribution in [3.8, 4) is 0 Å². The molecular weight excluding hydrogens is 430 g/mol. The molecule has 1 aliphatic carbocycles. The Balaban J connectivity index is 1.20. The minimum absolute atomic E-state index is 0.0162. The van der Waals surface area contributed by atoms with Crippen LogP contribution in [-0.4, -0.2) is 56.5 Å². The van der Waals surface area contributed by atoms with E-state index in [0.717, 1.165) is 35.7 Å². The van der Waals surface area contributed by atoms with E-state index >= 15 is 0 Å². The SMILES string of the molecule is Cc1ccc(Nc2cc(C)nc(N3CCN(C(=O)Cn4cnc(C5CC5)cc4=O)CC3)n2)cc1. The molecule has 2 aromatic heterocycles. The van der Waals surface area contributed by atoms with Crippen molar-refractivity contribution in [1.82, 2.24) is 24.4 Å². The lowest BCUT2D eigenvalue weighted by Gasteiger charge is -2.35. The molecule has 1 aliphatic heterocycles. The van der Waals surface area contributed by atoms with Crippen LogP contribution in [0.3, 0.4) is 0 Å². The standard InChI is InChI=1S/C25H29N7O2/c1-17-3-7-20(8-4-17)28-22-13-18(2)27-25(29-22)31-11-9-30(10-12-31)24(34)15-32-16-26-21(14-23(32)33)19-5-6-19/h3-4,7-8,13-14,16,19H,5-6,9-12,15H2,1-2H3,(H,27,28,29). The van der Waals surface area contributed by atoms with Gasteiger partial charge in [0.2, 0.25) is 11.9 Å². The van der Waals surface area contributed by atoms with Crippen LogP contribution in [0.25, 0.3) is 0 Å². The smallest absolute Gasteiger partial charge is 0.254 e. The Hall–Kier alpha value is -3.75. The number of amides is 1. The summed E-state index contributed by atoms with van der Waals surface area (Å²) in [7, 11) is 0. The summed E-state index contributed by atoms with van der Waals surface area (Å²) in [5.74, 6) is 1.74. The van der Waals surface area contributed by atoms with Crippen LogP contribution in [0, 0.1) is 13.8 Å². The van der Waals surface area contributed by atoms with Gasteiger partial charge in [-0.1, -0.05) is 17.7 Å². The number of nitrogens with one attached hydrogen (secondary N) is 1. The first-order valence-corrected chi connectivity index (χ1v) is 11.7. The van der Waals surface area contributed by atoms with Gasteiger partial charge < -0.3 is 15.1 Å². The van der Waals surface area contributed by atoms with Gasteiger partial charge in [0, 0.05) is 55.6 Å². The number of hydrogen-bond acceptors (Lipinski definition) is 7. The highest BCUT2D eigenvalue weighted by Crippen LogP contribution is 2.38. The molecular formula is C25H29N7O2. The zero-order valence-corrected chi connectivity index (χ0v) is 19.6. The number of nitrogens with zero attached hydrogens (tertiary/aromatic N) is 6. The maximum atomic E-state index is 12.8. The second kappa shape index (κ2) is 9.24. The molecule has 3 heterocycles. The van der Waals surface area contributed by atoms with Crippen LogP contribution in [-0.2, 0) is 11.3 Å². The third kappa shape index (κ3) is 5.08. The van der Waals surface area contributed by atoms with Gasteiger partial charge in [0.1, 0.15) is 12.4 Å². The average Bonchev–Trinajstić information content (AvgIpc) is 3.67. The van der Waals surface area contributed by atoms with Crippen LogP contribution in [0.4, 0.5) is 17.5 Å². The van der Waals surface area contributed by atoms with E-state index < -0.39 is 0 Å². The Kier molecular flexibility index (Phi) is 6.00. The second-order valence-corrected chi connectivity index (χ2v) is 9.11. The highest BCUT2D eigenvalue weighted by Gasteiger charge is 2.26. The van der Waals surface area contributed by atoms with Crippen LogP contribution in [0.5, 0.6) is 0 Å². The van der Waals surface area contributed by atoms with E-state index in [-0.39, 0.29) is 18.0 Å². The molecule has 0 bridgehead atoms. The minimum Gasteiger partial charge on any atom is -0.340 e. The van der Waals surface area contributed by atoms with E-state index in [4.69, 9.17) is 4.98 Å². The fourth-order valence-electron chi connectivity index (χ4n) is 4.11.